The van der Waals surface area contributed by atoms with Gasteiger partial charge in [-0.15, -0.1) is 0 Å². The van der Waals surface area contributed by atoms with Crippen molar-refractivity contribution in [3.63, 3.8) is 0 Å². The Labute approximate surface area is 191 Å². The number of rotatable bonds is 5. The second kappa shape index (κ2) is 9.40. The number of hydrogen-bond donors (Lipinski definition) is 2. The Morgan fingerprint density at radius 1 is 1.16 bits per heavy atom. The number of halogens is 1. The molecule has 2 heterocycles. The highest BCUT2D eigenvalue weighted by Gasteiger charge is 2.51. The molecule has 1 aromatic rings. The van der Waals surface area contributed by atoms with Gasteiger partial charge in [0.15, 0.2) is 0 Å². The van der Waals surface area contributed by atoms with Crippen LogP contribution in [0.1, 0.15) is 56.9 Å². The predicted molar refractivity (Wildman–Crippen MR) is 123 cm³/mol. The van der Waals surface area contributed by atoms with E-state index < -0.39 is 0 Å². The Balaban J connectivity index is 1.30. The van der Waals surface area contributed by atoms with Crippen molar-refractivity contribution >= 4 is 5.91 Å². The van der Waals surface area contributed by atoms with Gasteiger partial charge in [-0.2, -0.15) is 0 Å². The molecule has 32 heavy (non-hydrogen) atoms. The normalized spacial score (nSPS) is 32.9. The lowest BCUT2D eigenvalue weighted by Gasteiger charge is -2.51. The molecule has 2 aliphatic heterocycles. The second-order valence-corrected chi connectivity index (χ2v) is 10.5. The van der Waals surface area contributed by atoms with Crippen molar-refractivity contribution in [1.82, 2.24) is 15.5 Å². The fraction of sp³-hybridized carbons (Fsp3) is 0.731. The van der Waals surface area contributed by atoms with Crippen molar-refractivity contribution in [2.75, 3.05) is 45.9 Å². The zero-order chi connectivity index (χ0) is 22.0. The van der Waals surface area contributed by atoms with Gasteiger partial charge in [-0.25, -0.2) is 4.39 Å². The molecule has 5 nitrogen and oxygen atoms in total. The molecule has 1 amide bonds. The molecule has 4 fully saturated rings. The molecule has 2 saturated heterocycles. The summed E-state index contributed by atoms with van der Waals surface area (Å²) in [7, 11) is 0. The van der Waals surface area contributed by atoms with Crippen molar-refractivity contribution in [2.24, 2.45) is 11.3 Å². The summed E-state index contributed by atoms with van der Waals surface area (Å²) >= 11 is 0. The molecule has 0 aromatic heterocycles. The third-order valence-corrected chi connectivity index (χ3v) is 8.98. The van der Waals surface area contributed by atoms with E-state index in [-0.39, 0.29) is 22.6 Å². The van der Waals surface area contributed by atoms with E-state index in [2.05, 4.69) is 15.5 Å². The lowest BCUT2D eigenvalue weighted by Crippen LogP contribution is -2.61. The first-order chi connectivity index (χ1) is 15.6. The molecule has 6 heteroatoms. The minimum absolute atomic E-state index is 0.134. The second-order valence-electron chi connectivity index (χ2n) is 10.5. The standard InChI is InChI=1S/C26H38FN3O2/c27-23-6-2-1-5-22(23)25(9-3-4-10-25)18-29-24(31)26-11-7-21(30-13-15-32-16-14-30)17-20(26)8-12-28-19-26/h1-2,5-6,20-21,28H,3-4,7-19H2,(H,29,31)/t20-,21-,26-/m1/s1. The maximum atomic E-state index is 14.7. The summed E-state index contributed by atoms with van der Waals surface area (Å²) in [6.45, 7) is 5.99. The zero-order valence-corrected chi connectivity index (χ0v) is 19.2. The van der Waals surface area contributed by atoms with Crippen molar-refractivity contribution in [3.05, 3.63) is 35.6 Å². The molecule has 0 radical (unpaired) electrons. The summed E-state index contributed by atoms with van der Waals surface area (Å²) in [5.41, 5.74) is 0.195. The Morgan fingerprint density at radius 2 is 1.94 bits per heavy atom. The van der Waals surface area contributed by atoms with Gasteiger partial charge in [0.05, 0.1) is 18.6 Å². The van der Waals surface area contributed by atoms with E-state index in [1.807, 2.05) is 12.1 Å². The number of piperidine rings is 1. The van der Waals surface area contributed by atoms with Crippen LogP contribution in [-0.2, 0) is 14.9 Å². The van der Waals surface area contributed by atoms with E-state index >= 15 is 0 Å². The molecule has 176 valence electrons. The molecule has 2 N–H and O–H groups in total. The zero-order valence-electron chi connectivity index (χ0n) is 19.2. The van der Waals surface area contributed by atoms with Crippen LogP contribution in [0.5, 0.6) is 0 Å². The molecule has 3 atom stereocenters. The van der Waals surface area contributed by atoms with Crippen molar-refractivity contribution in [2.45, 2.75) is 62.8 Å². The van der Waals surface area contributed by atoms with E-state index in [4.69, 9.17) is 4.74 Å². The maximum Gasteiger partial charge on any atom is 0.227 e. The van der Waals surface area contributed by atoms with Crippen LogP contribution >= 0.6 is 0 Å². The lowest BCUT2D eigenvalue weighted by atomic mass is 9.61. The van der Waals surface area contributed by atoms with Crippen LogP contribution < -0.4 is 10.6 Å². The molecule has 0 bridgehead atoms. The van der Waals surface area contributed by atoms with E-state index in [9.17, 15) is 9.18 Å². The predicted octanol–water partition coefficient (Wildman–Crippen LogP) is 3.23. The van der Waals surface area contributed by atoms with Crippen molar-refractivity contribution in [1.29, 1.82) is 0 Å². The molecule has 5 rings (SSSR count). The Hall–Kier alpha value is -1.50. The number of ether oxygens (including phenoxy) is 1. The molecular weight excluding hydrogens is 405 g/mol. The van der Waals surface area contributed by atoms with Crippen molar-refractivity contribution < 1.29 is 13.9 Å². The quantitative estimate of drug-likeness (QED) is 0.734. The SMILES string of the molecule is O=C(NCC1(c2ccccc2F)CCCC1)[C@@]12CC[C@@H](N3CCOCC3)C[C@H]1CCNC2. The molecule has 2 aliphatic carbocycles. The first-order valence-electron chi connectivity index (χ1n) is 12.7. The highest BCUT2D eigenvalue weighted by Crippen LogP contribution is 2.47. The van der Waals surface area contributed by atoms with E-state index in [0.29, 0.717) is 18.5 Å². The van der Waals surface area contributed by atoms with Crippen LogP contribution in [0.2, 0.25) is 0 Å². The number of benzene rings is 1. The number of nitrogens with zero attached hydrogens (tertiary/aromatic N) is 1. The minimum Gasteiger partial charge on any atom is -0.379 e. The number of amides is 1. The maximum absolute atomic E-state index is 14.7. The van der Waals surface area contributed by atoms with Gasteiger partial charge in [0.1, 0.15) is 5.82 Å². The highest BCUT2D eigenvalue weighted by atomic mass is 19.1. The fourth-order valence-electron chi connectivity index (χ4n) is 7.08. The molecule has 4 aliphatic rings. The Kier molecular flexibility index (Phi) is 6.55. The first-order valence-corrected chi connectivity index (χ1v) is 12.7. The van der Waals surface area contributed by atoms with E-state index in [1.54, 1.807) is 12.1 Å². The van der Waals surface area contributed by atoms with Crippen LogP contribution in [-0.4, -0.2) is 62.8 Å². The molecule has 1 aromatic carbocycles. The number of carbonyl (C=O) groups excluding carboxylic acids is 1. The van der Waals surface area contributed by atoms with Gasteiger partial charge < -0.3 is 15.4 Å². The summed E-state index contributed by atoms with van der Waals surface area (Å²) in [5.74, 6) is 0.473. The summed E-state index contributed by atoms with van der Waals surface area (Å²) in [5, 5.41) is 6.89. The largest absolute Gasteiger partial charge is 0.379 e. The van der Waals surface area contributed by atoms with Gasteiger partial charge >= 0.3 is 0 Å². The topological polar surface area (TPSA) is 53.6 Å². The summed E-state index contributed by atoms with van der Waals surface area (Å²) in [6.07, 6.45) is 8.26. The lowest BCUT2D eigenvalue weighted by molar-refractivity contribution is -0.140. The van der Waals surface area contributed by atoms with Crippen LogP contribution in [0.4, 0.5) is 4.39 Å². The van der Waals surface area contributed by atoms with Crippen LogP contribution in [0.3, 0.4) is 0 Å². The summed E-state index contributed by atoms with van der Waals surface area (Å²) in [6, 6.07) is 7.73. The number of fused-ring (bicyclic) bond motifs is 1. The molecule has 0 spiro atoms. The first kappa shape index (κ1) is 22.3. The number of morpholine rings is 1. The Bertz CT molecular complexity index is 806. The van der Waals surface area contributed by atoms with Gasteiger partial charge in [0.25, 0.3) is 0 Å². The number of hydrogen-bond acceptors (Lipinski definition) is 4. The highest BCUT2D eigenvalue weighted by molar-refractivity contribution is 5.83. The molecular formula is C26H38FN3O2. The summed E-state index contributed by atoms with van der Waals surface area (Å²) < 4.78 is 20.3. The summed E-state index contributed by atoms with van der Waals surface area (Å²) in [4.78, 5) is 16.4. The fourth-order valence-corrected chi connectivity index (χ4v) is 7.08. The molecule has 0 unspecified atom stereocenters. The molecule has 2 saturated carbocycles. The van der Waals surface area contributed by atoms with E-state index in [1.165, 1.54) is 0 Å². The Morgan fingerprint density at radius 3 is 2.72 bits per heavy atom. The van der Waals surface area contributed by atoms with Crippen LogP contribution in [0.15, 0.2) is 24.3 Å². The smallest absolute Gasteiger partial charge is 0.227 e. The van der Waals surface area contributed by atoms with Crippen molar-refractivity contribution in [3.8, 4) is 0 Å². The average Bonchev–Trinajstić information content (AvgIpc) is 3.33. The van der Waals surface area contributed by atoms with Crippen LogP contribution in [0, 0.1) is 17.2 Å². The van der Waals surface area contributed by atoms with Gasteiger partial charge in [-0.05, 0) is 62.6 Å². The van der Waals surface area contributed by atoms with Gasteiger partial charge in [0, 0.05) is 37.6 Å². The van der Waals surface area contributed by atoms with Gasteiger partial charge in [0.2, 0.25) is 5.91 Å². The van der Waals surface area contributed by atoms with E-state index in [0.717, 1.165) is 96.3 Å². The number of carbonyl (C=O) groups is 1. The van der Waals surface area contributed by atoms with Gasteiger partial charge in [-0.3, -0.25) is 9.69 Å². The monoisotopic (exact) mass is 443 g/mol. The minimum atomic E-state index is -0.323. The third-order valence-electron chi connectivity index (χ3n) is 8.98. The number of nitrogens with one attached hydrogen (secondary N) is 2. The van der Waals surface area contributed by atoms with Gasteiger partial charge in [-0.1, -0.05) is 31.0 Å². The third kappa shape index (κ3) is 4.10. The van der Waals surface area contributed by atoms with Crippen LogP contribution in [0.25, 0.3) is 0 Å². The average molecular weight is 444 g/mol.